The lowest BCUT2D eigenvalue weighted by atomic mass is 10.2. The van der Waals surface area contributed by atoms with Crippen LogP contribution in [0, 0.1) is 3.57 Å². The maximum Gasteiger partial charge on any atom is 0.259 e. The lowest BCUT2D eigenvalue weighted by Crippen LogP contribution is -2.33. The molecule has 1 N–H and O–H groups in total. The van der Waals surface area contributed by atoms with E-state index in [4.69, 9.17) is 9.26 Å². The van der Waals surface area contributed by atoms with E-state index in [1.807, 2.05) is 18.2 Å². The van der Waals surface area contributed by atoms with Crippen molar-refractivity contribution >= 4 is 38.5 Å². The van der Waals surface area contributed by atoms with Crippen LogP contribution >= 0.6 is 38.5 Å². The molecule has 19 heavy (non-hydrogen) atoms. The van der Waals surface area contributed by atoms with Crippen LogP contribution in [0.1, 0.15) is 11.9 Å². The maximum atomic E-state index is 5.61. The predicted molar refractivity (Wildman–Crippen MR) is 81.7 cm³/mol. The minimum Gasteiger partial charge on any atom is -0.367 e. The number of benzene rings is 1. The van der Waals surface area contributed by atoms with E-state index in [0.717, 1.165) is 20.2 Å². The Morgan fingerprint density at radius 1 is 1.42 bits per heavy atom. The van der Waals surface area contributed by atoms with Gasteiger partial charge in [-0.1, -0.05) is 5.16 Å². The van der Waals surface area contributed by atoms with Crippen molar-refractivity contribution in [3.63, 3.8) is 0 Å². The van der Waals surface area contributed by atoms with Crippen LogP contribution in [0.15, 0.2) is 27.2 Å². The summed E-state index contributed by atoms with van der Waals surface area (Å²) in [6, 6.07) is 5.99. The quantitative estimate of drug-likeness (QED) is 0.735. The van der Waals surface area contributed by atoms with E-state index in [0.29, 0.717) is 24.9 Å². The van der Waals surface area contributed by atoms with Crippen molar-refractivity contribution in [2.45, 2.75) is 6.10 Å². The number of aromatic nitrogens is 2. The Balaban J connectivity index is 1.89. The van der Waals surface area contributed by atoms with Crippen LogP contribution in [-0.4, -0.2) is 29.8 Å². The van der Waals surface area contributed by atoms with Gasteiger partial charge in [-0.2, -0.15) is 4.98 Å². The lowest BCUT2D eigenvalue weighted by molar-refractivity contribution is 0.0208. The molecule has 3 rings (SSSR count). The molecule has 1 unspecified atom stereocenters. The molecular formula is C12H11BrIN3O2. The van der Waals surface area contributed by atoms with Crippen molar-refractivity contribution in [1.82, 2.24) is 15.5 Å². The van der Waals surface area contributed by atoms with Gasteiger partial charge in [0.25, 0.3) is 5.89 Å². The highest BCUT2D eigenvalue weighted by atomic mass is 127. The van der Waals surface area contributed by atoms with E-state index < -0.39 is 0 Å². The molecule has 7 heteroatoms. The molecule has 1 saturated heterocycles. The molecular weight excluding hydrogens is 425 g/mol. The summed E-state index contributed by atoms with van der Waals surface area (Å²) in [5, 5.41) is 7.26. The minimum atomic E-state index is -0.132. The third-order valence-electron chi connectivity index (χ3n) is 2.82. The van der Waals surface area contributed by atoms with Crippen LogP contribution in [0.3, 0.4) is 0 Å². The largest absolute Gasteiger partial charge is 0.367 e. The number of nitrogens with one attached hydrogen (secondary N) is 1. The Morgan fingerprint density at radius 3 is 3.11 bits per heavy atom. The van der Waals surface area contributed by atoms with Crippen molar-refractivity contribution in [2.75, 3.05) is 19.7 Å². The van der Waals surface area contributed by atoms with Gasteiger partial charge in [0.05, 0.1) is 12.2 Å². The number of nitrogens with zero attached hydrogens (tertiary/aromatic N) is 2. The predicted octanol–water partition coefficient (Wildman–Crippen LogP) is 2.76. The molecule has 0 bridgehead atoms. The normalized spacial score (nSPS) is 19.6. The lowest BCUT2D eigenvalue weighted by Gasteiger charge is -2.20. The van der Waals surface area contributed by atoms with Crippen molar-refractivity contribution in [1.29, 1.82) is 0 Å². The van der Waals surface area contributed by atoms with Crippen LogP contribution in [0.25, 0.3) is 11.5 Å². The standard InChI is InChI=1S/C12H11BrIN3O2/c13-9-2-1-7(14)5-8(9)12-16-11(17-19-12)10-6-15-3-4-18-10/h1-2,5,10,15H,3-4,6H2. The Bertz CT molecular complexity index is 584. The van der Waals surface area contributed by atoms with Gasteiger partial charge in [0.15, 0.2) is 0 Å². The first-order chi connectivity index (χ1) is 9.24. The summed E-state index contributed by atoms with van der Waals surface area (Å²) in [6.07, 6.45) is -0.132. The highest BCUT2D eigenvalue weighted by Gasteiger charge is 2.22. The first kappa shape index (κ1) is 13.5. The molecule has 1 aromatic carbocycles. The number of morpholine rings is 1. The van der Waals surface area contributed by atoms with Gasteiger partial charge < -0.3 is 14.6 Å². The molecule has 0 saturated carbocycles. The van der Waals surface area contributed by atoms with Crippen molar-refractivity contribution < 1.29 is 9.26 Å². The third kappa shape index (κ3) is 2.99. The molecule has 5 nitrogen and oxygen atoms in total. The van der Waals surface area contributed by atoms with Crippen LogP contribution < -0.4 is 5.32 Å². The summed E-state index contributed by atoms with van der Waals surface area (Å²) in [5.41, 5.74) is 0.898. The topological polar surface area (TPSA) is 60.2 Å². The number of hydrogen-bond donors (Lipinski definition) is 1. The molecule has 1 aromatic heterocycles. The van der Waals surface area contributed by atoms with Gasteiger partial charge in [0.2, 0.25) is 5.82 Å². The van der Waals surface area contributed by atoms with E-state index in [1.54, 1.807) is 0 Å². The third-order valence-corrected chi connectivity index (χ3v) is 4.18. The Labute approximate surface area is 132 Å². The van der Waals surface area contributed by atoms with Gasteiger partial charge in [0.1, 0.15) is 6.10 Å². The number of rotatable bonds is 2. The molecule has 1 aliphatic heterocycles. The van der Waals surface area contributed by atoms with Gasteiger partial charge in [-0.05, 0) is 56.7 Å². The highest BCUT2D eigenvalue weighted by molar-refractivity contribution is 14.1. The molecule has 0 aliphatic carbocycles. The minimum absolute atomic E-state index is 0.132. The van der Waals surface area contributed by atoms with Gasteiger partial charge in [0, 0.05) is 21.1 Å². The fourth-order valence-electron chi connectivity index (χ4n) is 1.87. The molecule has 0 spiro atoms. The molecule has 1 aliphatic rings. The Kier molecular flexibility index (Phi) is 4.15. The second-order valence-corrected chi connectivity index (χ2v) is 6.25. The number of halogens is 2. The summed E-state index contributed by atoms with van der Waals surface area (Å²) < 4.78 is 13.0. The van der Waals surface area contributed by atoms with E-state index in [2.05, 4.69) is 54.0 Å². The fraction of sp³-hybridized carbons (Fsp3) is 0.333. The van der Waals surface area contributed by atoms with Crippen molar-refractivity contribution in [2.24, 2.45) is 0 Å². The monoisotopic (exact) mass is 435 g/mol. The van der Waals surface area contributed by atoms with E-state index in [-0.39, 0.29) is 6.10 Å². The summed E-state index contributed by atoms with van der Waals surface area (Å²) in [7, 11) is 0. The Morgan fingerprint density at radius 2 is 2.32 bits per heavy atom. The average molecular weight is 436 g/mol. The molecule has 1 atom stereocenters. The molecule has 0 amide bonds. The number of ether oxygens (including phenoxy) is 1. The summed E-state index contributed by atoms with van der Waals surface area (Å²) >= 11 is 5.75. The van der Waals surface area contributed by atoms with Crippen LogP contribution in [0.4, 0.5) is 0 Å². The zero-order valence-electron chi connectivity index (χ0n) is 9.90. The average Bonchev–Trinajstić information content (AvgIpc) is 2.92. The zero-order chi connectivity index (χ0) is 13.2. The first-order valence-electron chi connectivity index (χ1n) is 5.85. The van der Waals surface area contributed by atoms with Crippen LogP contribution in [0.2, 0.25) is 0 Å². The van der Waals surface area contributed by atoms with Gasteiger partial charge in [-0.3, -0.25) is 0 Å². The Hall–Kier alpha value is -0.510. The zero-order valence-corrected chi connectivity index (χ0v) is 13.6. The molecule has 1 fully saturated rings. The smallest absolute Gasteiger partial charge is 0.259 e. The van der Waals surface area contributed by atoms with E-state index in [9.17, 15) is 0 Å². The molecule has 100 valence electrons. The summed E-state index contributed by atoms with van der Waals surface area (Å²) in [4.78, 5) is 4.43. The van der Waals surface area contributed by atoms with Crippen molar-refractivity contribution in [3.05, 3.63) is 32.1 Å². The van der Waals surface area contributed by atoms with Gasteiger partial charge in [-0.25, -0.2) is 0 Å². The fourth-order valence-corrected chi connectivity index (χ4v) is 2.78. The van der Waals surface area contributed by atoms with Gasteiger partial charge in [-0.15, -0.1) is 0 Å². The molecule has 2 heterocycles. The SMILES string of the molecule is Brc1ccc(I)cc1-c1nc(C2CNCCO2)no1. The first-order valence-corrected chi connectivity index (χ1v) is 7.72. The van der Waals surface area contributed by atoms with Crippen LogP contribution in [-0.2, 0) is 4.74 Å². The molecule has 2 aromatic rings. The van der Waals surface area contributed by atoms with E-state index >= 15 is 0 Å². The second-order valence-electron chi connectivity index (χ2n) is 4.15. The molecule has 0 radical (unpaired) electrons. The van der Waals surface area contributed by atoms with E-state index in [1.165, 1.54) is 0 Å². The maximum absolute atomic E-state index is 5.61. The second kappa shape index (κ2) is 5.86. The highest BCUT2D eigenvalue weighted by Crippen LogP contribution is 2.29. The van der Waals surface area contributed by atoms with Crippen molar-refractivity contribution in [3.8, 4) is 11.5 Å². The number of hydrogen-bond acceptors (Lipinski definition) is 5. The summed E-state index contributed by atoms with van der Waals surface area (Å²) in [6.45, 7) is 2.25. The van der Waals surface area contributed by atoms with Crippen LogP contribution in [0.5, 0.6) is 0 Å². The summed E-state index contributed by atoms with van der Waals surface area (Å²) in [5.74, 6) is 1.10. The van der Waals surface area contributed by atoms with Gasteiger partial charge >= 0.3 is 0 Å².